The summed E-state index contributed by atoms with van der Waals surface area (Å²) in [5, 5.41) is 0. The molecule has 2 aromatic carbocycles. The van der Waals surface area contributed by atoms with Crippen molar-refractivity contribution in [3.05, 3.63) is 63.6 Å². The van der Waals surface area contributed by atoms with Gasteiger partial charge in [-0.05, 0) is 48.9 Å². The molecule has 1 atom stereocenters. The van der Waals surface area contributed by atoms with E-state index >= 15 is 0 Å². The molecule has 3 rings (SSSR count). The van der Waals surface area contributed by atoms with Gasteiger partial charge in [-0.2, -0.15) is 0 Å². The summed E-state index contributed by atoms with van der Waals surface area (Å²) in [5.41, 5.74) is 4.39. The molecule has 24 heavy (non-hydrogen) atoms. The predicted octanol–water partition coefficient (Wildman–Crippen LogP) is 5.63. The zero-order valence-corrected chi connectivity index (χ0v) is 15.7. The Hall–Kier alpha value is -1.81. The molecule has 1 aliphatic heterocycles. The highest BCUT2D eigenvalue weighted by Gasteiger charge is 2.31. The molecule has 0 N–H and O–H groups in total. The summed E-state index contributed by atoms with van der Waals surface area (Å²) in [4.78, 5) is 14.6. The van der Waals surface area contributed by atoms with Gasteiger partial charge >= 0.3 is 6.09 Å². The van der Waals surface area contributed by atoms with E-state index in [4.69, 9.17) is 4.74 Å². The van der Waals surface area contributed by atoms with Gasteiger partial charge in [0.15, 0.2) is 0 Å². The lowest BCUT2D eigenvalue weighted by Gasteiger charge is -2.36. The number of fused-ring (bicyclic) bond motifs is 1. The van der Waals surface area contributed by atoms with Gasteiger partial charge in [-0.25, -0.2) is 4.79 Å². The van der Waals surface area contributed by atoms with Crippen molar-refractivity contribution in [3.8, 4) is 0 Å². The number of nitrogens with zero attached hydrogens (tertiary/aromatic N) is 1. The standard InChI is InChI=1S/C20H22BrNO2/c1-3-17-10-9-16-11-14(2)18(21)12-19(16)22(17)20(23)24-13-15-7-5-4-6-8-15/h4-8,11-12,17H,3,9-10,13H2,1-2H3. The minimum atomic E-state index is -0.262. The van der Waals surface area contributed by atoms with Crippen molar-refractivity contribution in [2.75, 3.05) is 4.90 Å². The average molecular weight is 388 g/mol. The van der Waals surface area contributed by atoms with E-state index in [-0.39, 0.29) is 12.1 Å². The van der Waals surface area contributed by atoms with E-state index in [1.165, 1.54) is 11.1 Å². The number of carbonyl (C=O) groups is 1. The minimum absolute atomic E-state index is 0.190. The molecular weight excluding hydrogens is 366 g/mol. The summed E-state index contributed by atoms with van der Waals surface area (Å²) in [5.74, 6) is 0. The zero-order valence-electron chi connectivity index (χ0n) is 14.1. The van der Waals surface area contributed by atoms with Crippen LogP contribution in [0.15, 0.2) is 46.9 Å². The summed E-state index contributed by atoms with van der Waals surface area (Å²) < 4.78 is 6.63. The van der Waals surface area contributed by atoms with Crippen LogP contribution in [0.25, 0.3) is 0 Å². The third-order valence-electron chi connectivity index (χ3n) is 4.60. The van der Waals surface area contributed by atoms with Gasteiger partial charge in [0, 0.05) is 10.5 Å². The van der Waals surface area contributed by atoms with E-state index in [9.17, 15) is 4.79 Å². The minimum Gasteiger partial charge on any atom is -0.444 e. The second kappa shape index (κ2) is 7.39. The molecule has 0 saturated carbocycles. The lowest BCUT2D eigenvalue weighted by Crippen LogP contribution is -2.43. The Morgan fingerprint density at radius 2 is 2.04 bits per heavy atom. The molecule has 0 spiro atoms. The molecule has 0 aliphatic carbocycles. The van der Waals surface area contributed by atoms with Gasteiger partial charge in [-0.15, -0.1) is 0 Å². The first kappa shape index (κ1) is 17.0. The fourth-order valence-corrected chi connectivity index (χ4v) is 3.56. The Balaban J connectivity index is 1.84. The first-order chi connectivity index (χ1) is 11.6. The molecule has 3 nitrogen and oxygen atoms in total. The number of aryl methyl sites for hydroxylation is 2. The summed E-state index contributed by atoms with van der Waals surface area (Å²) in [6, 6.07) is 14.2. The number of ether oxygens (including phenoxy) is 1. The van der Waals surface area contributed by atoms with Gasteiger partial charge in [0.25, 0.3) is 0 Å². The smallest absolute Gasteiger partial charge is 0.414 e. The van der Waals surface area contributed by atoms with Crippen LogP contribution in [0.5, 0.6) is 0 Å². The largest absolute Gasteiger partial charge is 0.444 e. The Morgan fingerprint density at radius 1 is 1.29 bits per heavy atom. The Kier molecular flexibility index (Phi) is 5.24. The normalized spacial score (nSPS) is 16.6. The number of benzene rings is 2. The molecule has 1 aliphatic rings. The first-order valence-corrected chi connectivity index (χ1v) is 9.18. The summed E-state index contributed by atoms with van der Waals surface area (Å²) in [7, 11) is 0. The van der Waals surface area contributed by atoms with Crippen LogP contribution >= 0.6 is 15.9 Å². The average Bonchev–Trinajstić information content (AvgIpc) is 2.60. The van der Waals surface area contributed by atoms with Crippen LogP contribution in [0.4, 0.5) is 10.5 Å². The fourth-order valence-electron chi connectivity index (χ4n) is 3.23. The van der Waals surface area contributed by atoms with Crippen LogP contribution in [0.2, 0.25) is 0 Å². The van der Waals surface area contributed by atoms with Crippen molar-refractivity contribution >= 4 is 27.7 Å². The third-order valence-corrected chi connectivity index (χ3v) is 5.46. The van der Waals surface area contributed by atoms with Crippen molar-refractivity contribution in [1.29, 1.82) is 0 Å². The second-order valence-electron chi connectivity index (χ2n) is 6.24. The van der Waals surface area contributed by atoms with Crippen molar-refractivity contribution in [1.82, 2.24) is 0 Å². The topological polar surface area (TPSA) is 29.5 Å². The van der Waals surface area contributed by atoms with Crippen LogP contribution < -0.4 is 4.90 Å². The second-order valence-corrected chi connectivity index (χ2v) is 7.10. The van der Waals surface area contributed by atoms with E-state index in [1.54, 1.807) is 0 Å². The molecule has 126 valence electrons. The number of hydrogen-bond acceptors (Lipinski definition) is 2. The molecule has 0 radical (unpaired) electrons. The van der Waals surface area contributed by atoms with Crippen molar-refractivity contribution in [2.45, 2.75) is 45.8 Å². The predicted molar refractivity (Wildman–Crippen MR) is 100 cm³/mol. The summed E-state index contributed by atoms with van der Waals surface area (Å²) in [6.45, 7) is 4.50. The molecular formula is C20H22BrNO2. The van der Waals surface area contributed by atoms with Crippen LogP contribution in [0.1, 0.15) is 36.5 Å². The number of hydrogen-bond donors (Lipinski definition) is 0. The highest BCUT2D eigenvalue weighted by Crippen LogP contribution is 2.36. The third kappa shape index (κ3) is 3.48. The number of anilines is 1. The SMILES string of the molecule is CCC1CCc2cc(C)c(Br)cc2N1C(=O)OCc1ccccc1. The van der Waals surface area contributed by atoms with E-state index in [0.717, 1.165) is 35.0 Å². The highest BCUT2D eigenvalue weighted by atomic mass is 79.9. The Bertz CT molecular complexity index is 730. The summed E-state index contributed by atoms with van der Waals surface area (Å²) >= 11 is 3.59. The van der Waals surface area contributed by atoms with E-state index in [0.29, 0.717) is 6.61 Å². The Labute approximate surface area is 151 Å². The molecule has 1 unspecified atom stereocenters. The fraction of sp³-hybridized carbons (Fsp3) is 0.350. The van der Waals surface area contributed by atoms with E-state index < -0.39 is 0 Å². The number of halogens is 1. The van der Waals surface area contributed by atoms with Gasteiger partial charge in [0.1, 0.15) is 6.61 Å². The van der Waals surface area contributed by atoms with Gasteiger partial charge < -0.3 is 4.74 Å². The molecule has 1 heterocycles. The summed E-state index contributed by atoms with van der Waals surface area (Å²) in [6.07, 6.45) is 2.64. The highest BCUT2D eigenvalue weighted by molar-refractivity contribution is 9.10. The number of carbonyl (C=O) groups excluding carboxylic acids is 1. The van der Waals surface area contributed by atoms with Crippen LogP contribution in [-0.4, -0.2) is 12.1 Å². The molecule has 4 heteroatoms. The van der Waals surface area contributed by atoms with Crippen molar-refractivity contribution in [3.63, 3.8) is 0 Å². The molecule has 0 fully saturated rings. The molecule has 1 amide bonds. The first-order valence-electron chi connectivity index (χ1n) is 8.39. The van der Waals surface area contributed by atoms with E-state index in [2.05, 4.69) is 41.9 Å². The maximum absolute atomic E-state index is 12.8. The van der Waals surface area contributed by atoms with Crippen LogP contribution in [0.3, 0.4) is 0 Å². The molecule has 0 bridgehead atoms. The van der Waals surface area contributed by atoms with Gasteiger partial charge in [-0.1, -0.05) is 59.3 Å². The van der Waals surface area contributed by atoms with Crippen molar-refractivity contribution in [2.24, 2.45) is 0 Å². The zero-order chi connectivity index (χ0) is 17.1. The molecule has 0 saturated heterocycles. The van der Waals surface area contributed by atoms with Gasteiger partial charge in [0.05, 0.1) is 5.69 Å². The molecule has 2 aromatic rings. The maximum Gasteiger partial charge on any atom is 0.414 e. The van der Waals surface area contributed by atoms with Crippen LogP contribution in [-0.2, 0) is 17.8 Å². The lowest BCUT2D eigenvalue weighted by atomic mass is 9.93. The number of amides is 1. The van der Waals surface area contributed by atoms with Crippen LogP contribution in [0, 0.1) is 6.92 Å². The monoisotopic (exact) mass is 387 g/mol. The van der Waals surface area contributed by atoms with Gasteiger partial charge in [0.2, 0.25) is 0 Å². The number of rotatable bonds is 3. The lowest BCUT2D eigenvalue weighted by molar-refractivity contribution is 0.143. The maximum atomic E-state index is 12.8. The van der Waals surface area contributed by atoms with Gasteiger partial charge in [-0.3, -0.25) is 4.90 Å². The van der Waals surface area contributed by atoms with E-state index in [1.807, 2.05) is 35.2 Å². The quantitative estimate of drug-likeness (QED) is 0.683. The Morgan fingerprint density at radius 3 is 2.75 bits per heavy atom. The molecule has 0 aromatic heterocycles. The van der Waals surface area contributed by atoms with Crippen molar-refractivity contribution < 1.29 is 9.53 Å².